The minimum Gasteiger partial charge on any atom is -0.481 e. The van der Waals surface area contributed by atoms with E-state index in [0.717, 1.165) is 46.1 Å². The third-order valence-corrected chi connectivity index (χ3v) is 12.1. The Kier molecular flexibility index (Phi) is 8.00. The number of fused-ring (bicyclic) bond motifs is 1. The number of carbonyl (C=O) groups excluding carboxylic acids is 1. The number of aliphatic carboxylic acids is 1. The fourth-order valence-corrected chi connectivity index (χ4v) is 5.78. The lowest BCUT2D eigenvalue weighted by Crippen LogP contribution is -2.44. The molecule has 1 aliphatic rings. The fourth-order valence-electron chi connectivity index (χ4n) is 4.42. The lowest BCUT2D eigenvalue weighted by atomic mass is 9.92. The number of allylic oxidation sites excluding steroid dienone is 1. The van der Waals surface area contributed by atoms with Crippen LogP contribution in [0.4, 0.5) is 4.39 Å². The first-order valence-corrected chi connectivity index (χ1v) is 16.1. The average Bonchev–Trinajstić information content (AvgIpc) is 3.66. The summed E-state index contributed by atoms with van der Waals surface area (Å²) in [6.45, 7) is 10.4. The van der Waals surface area contributed by atoms with Crippen molar-refractivity contribution in [3.63, 3.8) is 0 Å². The molecule has 1 fully saturated rings. The number of hydrogen-bond acceptors (Lipinski definition) is 4. The fraction of sp³-hybridized carbons (Fsp3) is 0.387. The van der Waals surface area contributed by atoms with E-state index in [-0.39, 0.29) is 29.5 Å². The van der Waals surface area contributed by atoms with Gasteiger partial charge in [-0.25, -0.2) is 4.39 Å². The molecule has 4 rings (SSSR count). The second-order valence-corrected chi connectivity index (χ2v) is 16.4. The monoisotopic (exact) mass is 533 g/mol. The topological polar surface area (TPSA) is 76.5 Å². The van der Waals surface area contributed by atoms with Crippen LogP contribution in [-0.4, -0.2) is 36.3 Å². The van der Waals surface area contributed by atoms with Crippen molar-refractivity contribution in [2.45, 2.75) is 76.6 Å². The average molecular weight is 534 g/mol. The van der Waals surface area contributed by atoms with E-state index < -0.39 is 20.4 Å². The van der Waals surface area contributed by atoms with Gasteiger partial charge in [-0.15, -0.1) is 0 Å². The van der Waals surface area contributed by atoms with Gasteiger partial charge in [-0.3, -0.25) is 14.6 Å². The van der Waals surface area contributed by atoms with Gasteiger partial charge in [0.2, 0.25) is 0 Å². The predicted molar refractivity (Wildman–Crippen MR) is 152 cm³/mol. The van der Waals surface area contributed by atoms with Gasteiger partial charge >= 0.3 is 5.97 Å². The second kappa shape index (κ2) is 10.9. The number of benzene rings is 2. The van der Waals surface area contributed by atoms with E-state index in [0.29, 0.717) is 5.92 Å². The second-order valence-electron chi connectivity index (χ2n) is 11.7. The third-order valence-electron chi connectivity index (χ3n) is 7.59. The normalized spacial score (nSPS) is 15.2. The highest BCUT2D eigenvalue weighted by Crippen LogP contribution is 2.45. The van der Waals surface area contributed by atoms with Crippen molar-refractivity contribution in [3.8, 4) is 11.1 Å². The summed E-state index contributed by atoms with van der Waals surface area (Å²) in [5.41, 5.74) is 4.42. The number of pyridine rings is 1. The molecule has 2 aromatic carbocycles. The van der Waals surface area contributed by atoms with Crippen molar-refractivity contribution in [1.29, 1.82) is 0 Å². The highest BCUT2D eigenvalue weighted by atomic mass is 28.4. The number of carboxylic acid groups (broad SMARTS) is 1. The molecule has 0 saturated heterocycles. The first-order chi connectivity index (χ1) is 17.9. The molecule has 3 aromatic rings. The van der Waals surface area contributed by atoms with Crippen LogP contribution < -0.4 is 0 Å². The van der Waals surface area contributed by atoms with Gasteiger partial charge in [0.05, 0.1) is 23.7 Å². The molecule has 0 spiro atoms. The lowest BCUT2D eigenvalue weighted by molar-refractivity contribution is -0.139. The van der Waals surface area contributed by atoms with Crippen molar-refractivity contribution in [2.24, 2.45) is 0 Å². The molecule has 200 valence electrons. The maximum Gasteiger partial charge on any atom is 0.305 e. The number of rotatable bonds is 10. The van der Waals surface area contributed by atoms with E-state index in [1.54, 1.807) is 18.2 Å². The summed E-state index contributed by atoms with van der Waals surface area (Å²) >= 11 is 0. The van der Waals surface area contributed by atoms with E-state index >= 15 is 0 Å². The molecule has 1 aromatic heterocycles. The van der Waals surface area contributed by atoms with Gasteiger partial charge in [0.15, 0.2) is 14.1 Å². The van der Waals surface area contributed by atoms with Crippen LogP contribution in [0.5, 0.6) is 0 Å². The first-order valence-electron chi connectivity index (χ1n) is 13.1. The van der Waals surface area contributed by atoms with Crippen molar-refractivity contribution in [1.82, 2.24) is 4.98 Å². The van der Waals surface area contributed by atoms with Crippen LogP contribution in [-0.2, 0) is 14.0 Å². The number of para-hydroxylation sites is 1. The Hall–Kier alpha value is -3.16. The Bertz CT molecular complexity index is 1370. The summed E-state index contributed by atoms with van der Waals surface area (Å²) in [5.74, 6) is -1.18. The zero-order valence-corrected chi connectivity index (χ0v) is 23.8. The van der Waals surface area contributed by atoms with Crippen LogP contribution in [0.15, 0.2) is 54.6 Å². The number of carboxylic acids is 1. The maximum absolute atomic E-state index is 13.8. The summed E-state index contributed by atoms with van der Waals surface area (Å²) in [6.07, 6.45) is 4.46. The van der Waals surface area contributed by atoms with Gasteiger partial charge in [0.25, 0.3) is 0 Å². The van der Waals surface area contributed by atoms with E-state index in [4.69, 9.17) is 9.41 Å². The van der Waals surface area contributed by atoms with E-state index in [1.807, 2.05) is 24.3 Å². The van der Waals surface area contributed by atoms with Crippen LogP contribution in [0, 0.1) is 5.82 Å². The van der Waals surface area contributed by atoms with Gasteiger partial charge < -0.3 is 9.53 Å². The molecule has 0 radical (unpaired) electrons. The van der Waals surface area contributed by atoms with Crippen LogP contribution in [0.1, 0.15) is 63.6 Å². The lowest BCUT2D eigenvalue weighted by Gasteiger charge is -2.38. The Morgan fingerprint density at radius 3 is 2.37 bits per heavy atom. The molecular weight excluding hydrogens is 497 g/mol. The Morgan fingerprint density at radius 1 is 1.11 bits per heavy atom. The number of nitrogens with zero attached hydrogens (tertiary/aromatic N) is 1. The number of ketones is 1. The highest BCUT2D eigenvalue weighted by molar-refractivity contribution is 6.74. The quantitative estimate of drug-likeness (QED) is 0.213. The van der Waals surface area contributed by atoms with E-state index in [9.17, 15) is 19.1 Å². The molecule has 1 atom stereocenters. The molecule has 5 nitrogen and oxygen atoms in total. The van der Waals surface area contributed by atoms with Crippen molar-refractivity contribution in [2.75, 3.05) is 0 Å². The van der Waals surface area contributed by atoms with Crippen molar-refractivity contribution >= 4 is 37.0 Å². The first kappa shape index (κ1) is 27.9. The molecule has 1 saturated carbocycles. The zero-order chi connectivity index (χ0) is 27.7. The molecular formula is C31H36FNO4Si. The molecule has 1 heterocycles. The van der Waals surface area contributed by atoms with Crippen molar-refractivity contribution < 1.29 is 23.5 Å². The van der Waals surface area contributed by atoms with E-state index in [2.05, 4.69) is 33.9 Å². The highest BCUT2D eigenvalue weighted by Gasteiger charge is 2.40. The van der Waals surface area contributed by atoms with Crippen LogP contribution in [0.2, 0.25) is 18.1 Å². The molecule has 0 amide bonds. The SMILES string of the molecule is CC(C)(C)[Si](C)(C)OC(CC(=O)O)CC(=O)C=Cc1c(C2CC2)nc2ccccc2c1-c1ccc(F)cc1. The summed E-state index contributed by atoms with van der Waals surface area (Å²) in [5, 5.41) is 10.3. The minimum absolute atomic E-state index is 0.0129. The minimum atomic E-state index is -2.27. The van der Waals surface area contributed by atoms with Crippen LogP contribution >= 0.6 is 0 Å². The molecule has 1 N–H and O–H groups in total. The smallest absolute Gasteiger partial charge is 0.305 e. The number of halogens is 1. The largest absolute Gasteiger partial charge is 0.481 e. The van der Waals surface area contributed by atoms with Gasteiger partial charge in [-0.1, -0.05) is 51.1 Å². The van der Waals surface area contributed by atoms with Crippen LogP contribution in [0.25, 0.3) is 28.1 Å². The molecule has 7 heteroatoms. The van der Waals surface area contributed by atoms with Gasteiger partial charge in [0.1, 0.15) is 5.82 Å². The van der Waals surface area contributed by atoms with Gasteiger partial charge in [0, 0.05) is 28.9 Å². The van der Waals surface area contributed by atoms with Crippen LogP contribution in [0.3, 0.4) is 0 Å². The Morgan fingerprint density at radius 2 is 1.76 bits per heavy atom. The molecule has 0 aliphatic heterocycles. The predicted octanol–water partition coefficient (Wildman–Crippen LogP) is 7.76. The van der Waals surface area contributed by atoms with Gasteiger partial charge in [-0.2, -0.15) is 0 Å². The molecule has 38 heavy (non-hydrogen) atoms. The molecule has 1 unspecified atom stereocenters. The summed E-state index contributed by atoms with van der Waals surface area (Å²) < 4.78 is 20.1. The van der Waals surface area contributed by atoms with E-state index in [1.165, 1.54) is 18.2 Å². The van der Waals surface area contributed by atoms with Gasteiger partial charge in [-0.05, 0) is 66.9 Å². The zero-order valence-electron chi connectivity index (χ0n) is 22.8. The Balaban J connectivity index is 1.71. The molecule has 1 aliphatic carbocycles. The standard InChI is InChI=1S/C31H36FNO4Si/c1-31(2,3)38(4,5)37-24(19-28(35)36)18-23(34)16-17-26-29(20-12-14-22(32)15-13-20)25-8-6-7-9-27(25)33-30(26)21-10-11-21/h6-9,12-17,21,24H,10-11,18-19H2,1-5H3,(H,35,36). The summed E-state index contributed by atoms with van der Waals surface area (Å²) in [7, 11) is -2.27. The number of aromatic nitrogens is 1. The maximum atomic E-state index is 13.8. The third kappa shape index (κ3) is 6.45. The summed E-state index contributed by atoms with van der Waals surface area (Å²) in [4.78, 5) is 29.7. The Labute approximate surface area is 224 Å². The molecule has 0 bridgehead atoms. The number of hydrogen-bond donors (Lipinski definition) is 1. The number of carbonyl (C=O) groups is 2. The van der Waals surface area contributed by atoms with Crippen molar-refractivity contribution in [3.05, 3.63) is 71.7 Å². The summed E-state index contributed by atoms with van der Waals surface area (Å²) in [6, 6.07) is 14.2.